The van der Waals surface area contributed by atoms with Gasteiger partial charge in [-0.2, -0.15) is 0 Å². The maximum absolute atomic E-state index is 12.9. The lowest BCUT2D eigenvalue weighted by molar-refractivity contribution is -0.145. The van der Waals surface area contributed by atoms with E-state index in [4.69, 9.17) is 4.74 Å². The number of carbonyl (C=O) groups is 1. The number of nitrogens with zero attached hydrogens (tertiary/aromatic N) is 2. The van der Waals surface area contributed by atoms with Crippen molar-refractivity contribution < 1.29 is 14.6 Å². The molecule has 0 aromatic heterocycles. The van der Waals surface area contributed by atoms with Gasteiger partial charge in [0.05, 0.1) is 12.0 Å². The fourth-order valence-corrected chi connectivity index (χ4v) is 6.52. The number of rotatable bonds is 4. The Bertz CT molecular complexity index is 832. The van der Waals surface area contributed by atoms with Crippen molar-refractivity contribution in [2.75, 3.05) is 32.7 Å². The molecule has 0 unspecified atom stereocenters. The Hall–Kier alpha value is -1.69. The third kappa shape index (κ3) is 3.75. The second-order valence-corrected chi connectivity index (χ2v) is 10.4. The highest BCUT2D eigenvalue weighted by atomic mass is 16.6. The molecule has 1 N–H and O–H groups in total. The average Bonchev–Trinajstić information content (AvgIpc) is 3.07. The van der Waals surface area contributed by atoms with Crippen LogP contribution in [0, 0.1) is 23.2 Å². The lowest BCUT2D eigenvalue weighted by atomic mass is 9.55. The quantitative estimate of drug-likeness (QED) is 0.595. The Labute approximate surface area is 186 Å². The molecule has 168 valence electrons. The van der Waals surface area contributed by atoms with E-state index in [-0.39, 0.29) is 29.3 Å². The lowest BCUT2D eigenvalue weighted by Gasteiger charge is -2.52. The predicted octanol–water partition coefficient (Wildman–Crippen LogP) is 3.09. The maximum atomic E-state index is 12.9. The molecule has 1 aromatic carbocycles. The van der Waals surface area contributed by atoms with Gasteiger partial charge < -0.3 is 9.84 Å². The molecule has 0 radical (unpaired) electrons. The predicted molar refractivity (Wildman–Crippen MR) is 120 cm³/mol. The zero-order chi connectivity index (χ0) is 21.6. The highest BCUT2D eigenvalue weighted by Gasteiger charge is 2.59. The Morgan fingerprint density at radius 3 is 2.58 bits per heavy atom. The van der Waals surface area contributed by atoms with Gasteiger partial charge in [-0.1, -0.05) is 55.8 Å². The number of esters is 1. The first-order valence-electron chi connectivity index (χ1n) is 12.0. The summed E-state index contributed by atoms with van der Waals surface area (Å²) in [4.78, 5) is 17.8. The molecule has 4 aliphatic rings. The van der Waals surface area contributed by atoms with Crippen LogP contribution >= 0.6 is 0 Å². The van der Waals surface area contributed by atoms with Crippen LogP contribution in [0.15, 0.2) is 42.0 Å². The molecule has 0 amide bonds. The molecular formula is C26H36N2O3. The Morgan fingerprint density at radius 2 is 1.84 bits per heavy atom. The van der Waals surface area contributed by atoms with Gasteiger partial charge in [0.1, 0.15) is 6.10 Å². The van der Waals surface area contributed by atoms with Crippen LogP contribution < -0.4 is 0 Å². The number of ether oxygens (including phenoxy) is 1. The molecule has 2 aliphatic heterocycles. The molecule has 1 saturated carbocycles. The van der Waals surface area contributed by atoms with Crippen molar-refractivity contribution in [1.29, 1.82) is 0 Å². The highest BCUT2D eigenvalue weighted by Crippen LogP contribution is 2.56. The van der Waals surface area contributed by atoms with E-state index in [2.05, 4.69) is 60.1 Å². The summed E-state index contributed by atoms with van der Waals surface area (Å²) in [6, 6.07) is 10.6. The van der Waals surface area contributed by atoms with Crippen molar-refractivity contribution in [2.24, 2.45) is 23.2 Å². The molecule has 1 aromatic rings. The number of aliphatic hydroxyl groups is 1. The van der Waals surface area contributed by atoms with Crippen molar-refractivity contribution in [3.05, 3.63) is 47.5 Å². The van der Waals surface area contributed by atoms with Crippen molar-refractivity contribution in [3.8, 4) is 0 Å². The molecule has 0 spiro atoms. The van der Waals surface area contributed by atoms with Crippen LogP contribution in [-0.4, -0.2) is 65.8 Å². The molecule has 5 nitrogen and oxygen atoms in total. The number of benzene rings is 1. The van der Waals surface area contributed by atoms with E-state index in [1.54, 1.807) is 0 Å². The van der Waals surface area contributed by atoms with Gasteiger partial charge in [-0.25, -0.2) is 0 Å². The molecule has 2 heterocycles. The summed E-state index contributed by atoms with van der Waals surface area (Å²) < 4.78 is 5.84. The molecule has 2 aliphatic carbocycles. The normalized spacial score (nSPS) is 38.9. The van der Waals surface area contributed by atoms with E-state index in [0.29, 0.717) is 12.5 Å². The summed E-state index contributed by atoms with van der Waals surface area (Å²) in [6.45, 7) is 10.1. The minimum Gasteiger partial charge on any atom is -0.461 e. The third-order valence-corrected chi connectivity index (χ3v) is 8.74. The molecular weight excluding hydrogens is 388 g/mol. The van der Waals surface area contributed by atoms with Crippen LogP contribution in [0.5, 0.6) is 0 Å². The Morgan fingerprint density at radius 1 is 1.13 bits per heavy atom. The van der Waals surface area contributed by atoms with Crippen LogP contribution in [0.25, 0.3) is 0 Å². The minimum absolute atomic E-state index is 0.0856. The van der Waals surface area contributed by atoms with E-state index >= 15 is 0 Å². The number of carbonyl (C=O) groups excluding carboxylic acids is 1. The zero-order valence-electron chi connectivity index (χ0n) is 18.9. The summed E-state index contributed by atoms with van der Waals surface area (Å²) in [6.07, 6.45) is 4.61. The largest absolute Gasteiger partial charge is 0.461 e. The molecule has 3 fully saturated rings. The minimum atomic E-state index is -0.511. The standard InChI is InChI=1S/C26H36N2O3/c1-18-7-6-10-20-15-22-23(24(29)26(18,20)2)21(25(30)31-22)17-28-13-11-27(12-14-28)16-19-8-4-3-5-9-19/h3-5,8-10,18,21-24,29H,6-7,11-17H2,1-2H3/t18-,21+,22+,23-,24-,26+/m0/s1. The van der Waals surface area contributed by atoms with Crippen LogP contribution in [0.2, 0.25) is 0 Å². The first-order chi connectivity index (χ1) is 15.0. The number of allylic oxidation sites excluding steroid dienone is 1. The SMILES string of the molecule is C[C@H]1CCC=C2C[C@H]3OC(=O)[C@H](CN4CCN(Cc5ccccc5)CC4)[C@@H]3[C@H](O)[C@@]21C. The van der Waals surface area contributed by atoms with E-state index in [1.165, 1.54) is 11.1 Å². The summed E-state index contributed by atoms with van der Waals surface area (Å²) in [7, 11) is 0. The second-order valence-electron chi connectivity index (χ2n) is 10.4. The van der Waals surface area contributed by atoms with Gasteiger partial charge in [0.25, 0.3) is 0 Å². The van der Waals surface area contributed by atoms with Crippen LogP contribution in [0.3, 0.4) is 0 Å². The van der Waals surface area contributed by atoms with Crippen molar-refractivity contribution >= 4 is 5.97 Å². The van der Waals surface area contributed by atoms with Gasteiger partial charge in [0.2, 0.25) is 0 Å². The molecule has 2 saturated heterocycles. The van der Waals surface area contributed by atoms with Crippen molar-refractivity contribution in [2.45, 2.75) is 51.9 Å². The smallest absolute Gasteiger partial charge is 0.311 e. The highest BCUT2D eigenvalue weighted by molar-refractivity contribution is 5.76. The first-order valence-corrected chi connectivity index (χ1v) is 12.0. The Balaban J connectivity index is 1.24. The fraction of sp³-hybridized carbons (Fsp3) is 0.654. The van der Waals surface area contributed by atoms with Gasteiger partial charge in [0, 0.05) is 57.0 Å². The van der Waals surface area contributed by atoms with Gasteiger partial charge >= 0.3 is 5.97 Å². The topological polar surface area (TPSA) is 53.0 Å². The number of fused-ring (bicyclic) bond motifs is 2. The molecule has 5 rings (SSSR count). The second kappa shape index (κ2) is 8.34. The summed E-state index contributed by atoms with van der Waals surface area (Å²) in [5.74, 6) is 0.0309. The Kier molecular flexibility index (Phi) is 5.70. The number of aliphatic hydroxyl groups excluding tert-OH is 1. The van der Waals surface area contributed by atoms with E-state index in [0.717, 1.165) is 52.0 Å². The summed E-state index contributed by atoms with van der Waals surface area (Å²) in [5.41, 5.74) is 2.44. The van der Waals surface area contributed by atoms with E-state index < -0.39 is 6.10 Å². The first kappa shape index (κ1) is 21.2. The number of hydrogen-bond donors (Lipinski definition) is 1. The molecule has 6 atom stereocenters. The lowest BCUT2D eigenvalue weighted by Crippen LogP contribution is -2.55. The van der Waals surface area contributed by atoms with Crippen molar-refractivity contribution in [1.82, 2.24) is 9.80 Å². The van der Waals surface area contributed by atoms with E-state index in [9.17, 15) is 9.90 Å². The van der Waals surface area contributed by atoms with Crippen LogP contribution in [0.1, 0.15) is 38.7 Å². The maximum Gasteiger partial charge on any atom is 0.311 e. The fourth-order valence-electron chi connectivity index (χ4n) is 6.52. The summed E-state index contributed by atoms with van der Waals surface area (Å²) >= 11 is 0. The number of piperazine rings is 1. The van der Waals surface area contributed by atoms with Crippen molar-refractivity contribution in [3.63, 3.8) is 0 Å². The summed E-state index contributed by atoms with van der Waals surface area (Å²) in [5, 5.41) is 11.5. The molecule has 0 bridgehead atoms. The zero-order valence-corrected chi connectivity index (χ0v) is 18.9. The third-order valence-electron chi connectivity index (χ3n) is 8.74. The van der Waals surface area contributed by atoms with E-state index in [1.807, 2.05) is 0 Å². The van der Waals surface area contributed by atoms with Gasteiger partial charge in [0.15, 0.2) is 0 Å². The van der Waals surface area contributed by atoms with Gasteiger partial charge in [-0.05, 0) is 24.3 Å². The number of hydrogen-bond acceptors (Lipinski definition) is 5. The molecule has 31 heavy (non-hydrogen) atoms. The molecule has 5 heteroatoms. The average molecular weight is 425 g/mol. The van der Waals surface area contributed by atoms with Gasteiger partial charge in [-0.15, -0.1) is 0 Å². The van der Waals surface area contributed by atoms with Crippen LogP contribution in [-0.2, 0) is 16.1 Å². The van der Waals surface area contributed by atoms with Gasteiger partial charge in [-0.3, -0.25) is 14.6 Å². The van der Waals surface area contributed by atoms with Crippen LogP contribution in [0.4, 0.5) is 0 Å². The monoisotopic (exact) mass is 424 g/mol.